The van der Waals surface area contributed by atoms with Crippen LogP contribution in [-0.2, 0) is 9.53 Å². The van der Waals surface area contributed by atoms with Gasteiger partial charge >= 0.3 is 5.97 Å². The standard InChI is InChI=1S/C14H21FN2O2/c1-10-11(9-19-13(10)18)17-7-4-14(12(15)8-17)2-5-16-6-3-14/h12,16H,2-9H2,1H3. The molecular formula is C14H21FN2O2. The largest absolute Gasteiger partial charge is 0.456 e. The number of carbonyl (C=O) groups is 1. The van der Waals surface area contributed by atoms with Gasteiger partial charge in [-0.05, 0) is 39.3 Å². The first-order valence-corrected chi connectivity index (χ1v) is 7.09. The predicted molar refractivity (Wildman–Crippen MR) is 69.3 cm³/mol. The minimum atomic E-state index is -0.806. The highest BCUT2D eigenvalue weighted by Gasteiger charge is 2.45. The molecular weight excluding hydrogens is 247 g/mol. The molecule has 3 aliphatic rings. The second kappa shape index (κ2) is 4.78. The van der Waals surface area contributed by atoms with Crippen LogP contribution in [0.15, 0.2) is 11.3 Å². The van der Waals surface area contributed by atoms with E-state index in [1.807, 2.05) is 4.90 Å². The summed E-state index contributed by atoms with van der Waals surface area (Å²) < 4.78 is 19.7. The number of hydrogen-bond donors (Lipinski definition) is 1. The molecule has 3 aliphatic heterocycles. The Kier molecular flexibility index (Phi) is 3.25. The summed E-state index contributed by atoms with van der Waals surface area (Å²) in [5, 5.41) is 3.30. The highest BCUT2D eigenvalue weighted by molar-refractivity contribution is 5.90. The average Bonchev–Trinajstić information content (AvgIpc) is 2.75. The van der Waals surface area contributed by atoms with Gasteiger partial charge in [0.25, 0.3) is 0 Å². The highest BCUT2D eigenvalue weighted by atomic mass is 19.1. The minimum Gasteiger partial charge on any atom is -0.456 e. The summed E-state index contributed by atoms with van der Waals surface area (Å²) in [6.07, 6.45) is 1.92. The van der Waals surface area contributed by atoms with Gasteiger partial charge in [0.1, 0.15) is 12.8 Å². The molecule has 106 valence electrons. The summed E-state index contributed by atoms with van der Waals surface area (Å²) in [5.41, 5.74) is 1.39. The molecule has 19 heavy (non-hydrogen) atoms. The van der Waals surface area contributed by atoms with Crippen LogP contribution in [0.3, 0.4) is 0 Å². The molecule has 0 bridgehead atoms. The number of nitrogens with zero attached hydrogens (tertiary/aromatic N) is 1. The highest BCUT2D eigenvalue weighted by Crippen LogP contribution is 2.42. The number of nitrogens with one attached hydrogen (secondary N) is 1. The summed E-state index contributed by atoms with van der Waals surface area (Å²) >= 11 is 0. The first kappa shape index (κ1) is 12.9. The van der Waals surface area contributed by atoms with Crippen molar-refractivity contribution in [2.75, 3.05) is 32.8 Å². The van der Waals surface area contributed by atoms with E-state index >= 15 is 0 Å². The molecule has 0 amide bonds. The molecule has 0 aromatic rings. The molecule has 4 nitrogen and oxygen atoms in total. The minimum absolute atomic E-state index is 0.139. The maximum Gasteiger partial charge on any atom is 0.335 e. The van der Waals surface area contributed by atoms with E-state index < -0.39 is 6.17 Å². The summed E-state index contributed by atoms with van der Waals surface area (Å²) in [4.78, 5) is 13.4. The molecule has 2 saturated heterocycles. The van der Waals surface area contributed by atoms with Crippen LogP contribution < -0.4 is 5.32 Å². The van der Waals surface area contributed by atoms with Crippen molar-refractivity contribution in [2.24, 2.45) is 5.41 Å². The lowest BCUT2D eigenvalue weighted by molar-refractivity contribution is -0.136. The first-order chi connectivity index (χ1) is 9.12. The van der Waals surface area contributed by atoms with E-state index in [9.17, 15) is 9.18 Å². The number of alkyl halides is 1. The van der Waals surface area contributed by atoms with Gasteiger partial charge in [-0.3, -0.25) is 0 Å². The molecule has 5 heteroatoms. The summed E-state index contributed by atoms with van der Waals surface area (Å²) in [6, 6.07) is 0. The number of carbonyl (C=O) groups excluding carboxylic acids is 1. The average molecular weight is 268 g/mol. The van der Waals surface area contributed by atoms with Crippen molar-refractivity contribution in [1.29, 1.82) is 0 Å². The lowest BCUT2D eigenvalue weighted by atomic mass is 9.70. The number of hydrogen-bond acceptors (Lipinski definition) is 4. The van der Waals surface area contributed by atoms with E-state index in [1.165, 1.54) is 0 Å². The fourth-order valence-electron chi connectivity index (χ4n) is 3.52. The van der Waals surface area contributed by atoms with Crippen molar-refractivity contribution < 1.29 is 13.9 Å². The van der Waals surface area contributed by atoms with Crippen molar-refractivity contribution in [3.05, 3.63) is 11.3 Å². The Hall–Kier alpha value is -1.10. The van der Waals surface area contributed by atoms with Gasteiger partial charge in [-0.2, -0.15) is 0 Å². The number of halogens is 1. The molecule has 1 N–H and O–H groups in total. The molecule has 1 spiro atoms. The topological polar surface area (TPSA) is 41.6 Å². The third kappa shape index (κ3) is 2.14. The van der Waals surface area contributed by atoms with Gasteiger partial charge < -0.3 is 15.0 Å². The van der Waals surface area contributed by atoms with Crippen LogP contribution in [0.1, 0.15) is 26.2 Å². The zero-order chi connectivity index (χ0) is 13.5. The van der Waals surface area contributed by atoms with Crippen molar-refractivity contribution in [3.8, 4) is 0 Å². The Labute approximate surface area is 113 Å². The van der Waals surface area contributed by atoms with Crippen LogP contribution in [-0.4, -0.2) is 49.8 Å². The van der Waals surface area contributed by atoms with E-state index in [4.69, 9.17) is 4.74 Å². The third-order valence-electron chi connectivity index (χ3n) is 4.98. The van der Waals surface area contributed by atoms with Gasteiger partial charge in [0.05, 0.1) is 11.3 Å². The molecule has 1 unspecified atom stereocenters. The van der Waals surface area contributed by atoms with Gasteiger partial charge in [0, 0.05) is 18.5 Å². The Morgan fingerprint density at radius 3 is 2.68 bits per heavy atom. The smallest absolute Gasteiger partial charge is 0.335 e. The third-order valence-corrected chi connectivity index (χ3v) is 4.98. The number of rotatable bonds is 1. The maximum absolute atomic E-state index is 14.6. The van der Waals surface area contributed by atoms with Crippen LogP contribution in [0, 0.1) is 5.41 Å². The lowest BCUT2D eigenvalue weighted by Gasteiger charge is -2.47. The molecule has 2 fully saturated rings. The molecule has 0 aromatic carbocycles. The second-order valence-corrected chi connectivity index (χ2v) is 5.92. The van der Waals surface area contributed by atoms with Gasteiger partial charge in [0.15, 0.2) is 0 Å². The normalized spacial score (nSPS) is 30.9. The second-order valence-electron chi connectivity index (χ2n) is 5.92. The van der Waals surface area contributed by atoms with E-state index in [-0.39, 0.29) is 11.4 Å². The van der Waals surface area contributed by atoms with E-state index in [0.717, 1.165) is 44.6 Å². The molecule has 3 heterocycles. The van der Waals surface area contributed by atoms with Gasteiger partial charge in [-0.15, -0.1) is 0 Å². The van der Waals surface area contributed by atoms with Crippen LogP contribution in [0.25, 0.3) is 0 Å². The Balaban J connectivity index is 1.72. The van der Waals surface area contributed by atoms with Crippen molar-refractivity contribution in [1.82, 2.24) is 10.2 Å². The first-order valence-electron chi connectivity index (χ1n) is 7.09. The Bertz CT molecular complexity index is 416. The fraction of sp³-hybridized carbons (Fsp3) is 0.786. The van der Waals surface area contributed by atoms with Crippen LogP contribution in [0.5, 0.6) is 0 Å². The van der Waals surface area contributed by atoms with Crippen LogP contribution >= 0.6 is 0 Å². The molecule has 0 aromatic heterocycles. The number of esters is 1. The van der Waals surface area contributed by atoms with Gasteiger partial charge in [-0.25, -0.2) is 9.18 Å². The van der Waals surface area contributed by atoms with Gasteiger partial charge in [-0.1, -0.05) is 0 Å². The fourth-order valence-corrected chi connectivity index (χ4v) is 3.52. The SMILES string of the molecule is CC1=C(N2CCC3(CCNCC3)C(F)C2)COC1=O. The van der Waals surface area contributed by atoms with Gasteiger partial charge in [0.2, 0.25) is 0 Å². The van der Waals surface area contributed by atoms with Crippen LogP contribution in [0.4, 0.5) is 4.39 Å². The van der Waals surface area contributed by atoms with E-state index in [1.54, 1.807) is 6.92 Å². The van der Waals surface area contributed by atoms with E-state index in [0.29, 0.717) is 18.7 Å². The van der Waals surface area contributed by atoms with Crippen LogP contribution in [0.2, 0.25) is 0 Å². The Morgan fingerprint density at radius 2 is 2.11 bits per heavy atom. The summed E-state index contributed by atoms with van der Waals surface area (Å²) in [7, 11) is 0. The number of ether oxygens (including phenoxy) is 1. The summed E-state index contributed by atoms with van der Waals surface area (Å²) in [5.74, 6) is -0.257. The molecule has 0 aliphatic carbocycles. The number of likely N-dealkylation sites (tertiary alicyclic amines) is 1. The quantitative estimate of drug-likeness (QED) is 0.726. The molecule has 1 atom stereocenters. The monoisotopic (exact) mass is 268 g/mol. The number of piperidine rings is 2. The maximum atomic E-state index is 14.6. The van der Waals surface area contributed by atoms with Crippen molar-refractivity contribution in [2.45, 2.75) is 32.4 Å². The van der Waals surface area contributed by atoms with Crippen molar-refractivity contribution in [3.63, 3.8) is 0 Å². The number of cyclic esters (lactones) is 1. The molecule has 3 rings (SSSR count). The lowest BCUT2D eigenvalue weighted by Crippen LogP contribution is -2.52. The summed E-state index contributed by atoms with van der Waals surface area (Å²) in [6.45, 7) is 5.17. The predicted octanol–water partition coefficient (Wildman–Crippen LogP) is 1.23. The zero-order valence-corrected chi connectivity index (χ0v) is 11.4. The van der Waals surface area contributed by atoms with E-state index in [2.05, 4.69) is 5.32 Å². The van der Waals surface area contributed by atoms with Crippen molar-refractivity contribution >= 4 is 5.97 Å². The molecule has 0 radical (unpaired) electrons. The Morgan fingerprint density at radius 1 is 1.37 bits per heavy atom. The zero-order valence-electron chi connectivity index (χ0n) is 11.4. The molecule has 0 saturated carbocycles.